The van der Waals surface area contributed by atoms with Gasteiger partial charge >= 0.3 is 0 Å². The molecule has 110 valence electrons. The minimum absolute atomic E-state index is 0.139. The van der Waals surface area contributed by atoms with Crippen LogP contribution >= 0.6 is 22.7 Å². The van der Waals surface area contributed by atoms with Gasteiger partial charge in [-0.1, -0.05) is 20.8 Å². The molecular weight excluding hydrogens is 286 g/mol. The van der Waals surface area contributed by atoms with Crippen molar-refractivity contribution in [2.45, 2.75) is 59.5 Å². The molecule has 0 fully saturated rings. The summed E-state index contributed by atoms with van der Waals surface area (Å²) in [4.78, 5) is 11.6. The zero-order valence-electron chi connectivity index (χ0n) is 13.1. The van der Waals surface area contributed by atoms with E-state index in [1.807, 2.05) is 6.20 Å². The number of thiazole rings is 2. The molecule has 0 saturated heterocycles. The van der Waals surface area contributed by atoms with Crippen molar-refractivity contribution >= 4 is 22.7 Å². The van der Waals surface area contributed by atoms with E-state index < -0.39 is 0 Å². The van der Waals surface area contributed by atoms with E-state index in [1.165, 1.54) is 14.8 Å². The van der Waals surface area contributed by atoms with Gasteiger partial charge in [-0.3, -0.25) is 0 Å². The molecule has 0 amide bonds. The van der Waals surface area contributed by atoms with Gasteiger partial charge in [0, 0.05) is 34.0 Å². The Labute approximate surface area is 129 Å². The summed E-state index contributed by atoms with van der Waals surface area (Å²) in [5.74, 6) is 0. The van der Waals surface area contributed by atoms with E-state index in [2.05, 4.69) is 56.8 Å². The Bertz CT molecular complexity index is 578. The Morgan fingerprint density at radius 2 is 1.95 bits per heavy atom. The van der Waals surface area contributed by atoms with E-state index >= 15 is 0 Å². The molecule has 5 heteroatoms. The third-order valence-electron chi connectivity index (χ3n) is 3.11. The average Bonchev–Trinajstić information content (AvgIpc) is 2.92. The highest BCUT2D eigenvalue weighted by Crippen LogP contribution is 2.28. The molecule has 2 heterocycles. The fourth-order valence-corrected chi connectivity index (χ4v) is 3.91. The molecule has 0 aliphatic heterocycles. The molecule has 0 saturated carbocycles. The molecule has 0 aliphatic carbocycles. The molecule has 2 aromatic heterocycles. The summed E-state index contributed by atoms with van der Waals surface area (Å²) in [5.41, 5.74) is 1.28. The van der Waals surface area contributed by atoms with Crippen LogP contribution in [0.25, 0.3) is 0 Å². The number of hydrogen-bond acceptors (Lipinski definition) is 5. The molecule has 0 aromatic carbocycles. The molecule has 1 unspecified atom stereocenters. The molecule has 0 radical (unpaired) electrons. The van der Waals surface area contributed by atoms with Gasteiger partial charge in [0.2, 0.25) is 0 Å². The van der Waals surface area contributed by atoms with Gasteiger partial charge in [-0.15, -0.1) is 22.7 Å². The highest BCUT2D eigenvalue weighted by Gasteiger charge is 2.18. The van der Waals surface area contributed by atoms with Crippen LogP contribution in [0.3, 0.4) is 0 Å². The van der Waals surface area contributed by atoms with E-state index in [0.29, 0.717) is 6.04 Å². The first kappa shape index (κ1) is 15.6. The topological polar surface area (TPSA) is 37.8 Å². The lowest BCUT2D eigenvalue weighted by Gasteiger charge is -2.14. The number of rotatable bonds is 4. The van der Waals surface area contributed by atoms with Crippen LogP contribution in [0.4, 0.5) is 0 Å². The Balaban J connectivity index is 1.98. The Kier molecular flexibility index (Phi) is 4.62. The predicted octanol–water partition coefficient (Wildman–Crippen LogP) is 4.36. The molecule has 0 spiro atoms. The maximum atomic E-state index is 4.53. The molecule has 2 aromatic rings. The summed E-state index contributed by atoms with van der Waals surface area (Å²) < 4.78 is 0. The van der Waals surface area contributed by atoms with Crippen molar-refractivity contribution in [3.63, 3.8) is 0 Å². The SMILES string of the molecule is Cc1nc(C)c(C(C)NCc2cnc(C(C)(C)C)s2)s1. The second-order valence-corrected chi connectivity index (χ2v) is 8.52. The van der Waals surface area contributed by atoms with Crippen molar-refractivity contribution < 1.29 is 0 Å². The van der Waals surface area contributed by atoms with Crippen molar-refractivity contribution in [3.05, 3.63) is 31.7 Å². The fourth-order valence-electron chi connectivity index (χ4n) is 2.03. The van der Waals surface area contributed by atoms with Crippen molar-refractivity contribution in [1.29, 1.82) is 0 Å². The quantitative estimate of drug-likeness (QED) is 0.911. The fraction of sp³-hybridized carbons (Fsp3) is 0.600. The first-order valence-corrected chi connectivity index (χ1v) is 8.53. The Morgan fingerprint density at radius 1 is 1.25 bits per heavy atom. The van der Waals surface area contributed by atoms with Crippen LogP contribution in [0.15, 0.2) is 6.20 Å². The highest BCUT2D eigenvalue weighted by atomic mass is 32.1. The molecule has 0 bridgehead atoms. The standard InChI is InChI=1S/C15H23N3S2/c1-9(13-10(2)18-11(3)19-13)16-7-12-8-17-14(20-12)15(4,5)6/h8-9,16H,7H2,1-6H3. The summed E-state index contributed by atoms with van der Waals surface area (Å²) in [6.07, 6.45) is 2.00. The molecule has 0 aliphatic rings. The van der Waals surface area contributed by atoms with Crippen LogP contribution in [0, 0.1) is 13.8 Å². The number of nitrogens with zero attached hydrogens (tertiary/aromatic N) is 2. The monoisotopic (exact) mass is 309 g/mol. The third-order valence-corrected chi connectivity index (χ3v) is 5.79. The Morgan fingerprint density at radius 3 is 2.45 bits per heavy atom. The lowest BCUT2D eigenvalue weighted by Crippen LogP contribution is -2.17. The zero-order valence-corrected chi connectivity index (χ0v) is 14.7. The normalized spacial score (nSPS) is 13.7. The smallest absolute Gasteiger partial charge is 0.0981 e. The Hall–Kier alpha value is -0.780. The van der Waals surface area contributed by atoms with Crippen LogP contribution < -0.4 is 5.32 Å². The number of aromatic nitrogens is 2. The van der Waals surface area contributed by atoms with Gasteiger partial charge in [-0.25, -0.2) is 9.97 Å². The van der Waals surface area contributed by atoms with E-state index in [0.717, 1.165) is 17.2 Å². The molecule has 1 atom stereocenters. The summed E-state index contributed by atoms with van der Waals surface area (Å²) >= 11 is 3.58. The van der Waals surface area contributed by atoms with Crippen molar-refractivity contribution in [2.24, 2.45) is 0 Å². The van der Waals surface area contributed by atoms with E-state index in [1.54, 1.807) is 22.7 Å². The van der Waals surface area contributed by atoms with Crippen LogP contribution in [-0.2, 0) is 12.0 Å². The molecule has 2 rings (SSSR count). The van der Waals surface area contributed by atoms with Crippen LogP contribution in [0.5, 0.6) is 0 Å². The minimum Gasteiger partial charge on any atom is -0.304 e. The first-order valence-electron chi connectivity index (χ1n) is 6.90. The predicted molar refractivity (Wildman–Crippen MR) is 87.7 cm³/mol. The number of aryl methyl sites for hydroxylation is 2. The van der Waals surface area contributed by atoms with Gasteiger partial charge < -0.3 is 5.32 Å². The molecule has 20 heavy (non-hydrogen) atoms. The molecular formula is C15H23N3S2. The maximum Gasteiger partial charge on any atom is 0.0981 e. The lowest BCUT2D eigenvalue weighted by atomic mass is 9.98. The van der Waals surface area contributed by atoms with Crippen molar-refractivity contribution in [2.75, 3.05) is 0 Å². The number of nitrogens with one attached hydrogen (secondary N) is 1. The number of hydrogen-bond donors (Lipinski definition) is 1. The highest BCUT2D eigenvalue weighted by molar-refractivity contribution is 7.12. The van der Waals surface area contributed by atoms with Crippen LogP contribution in [-0.4, -0.2) is 9.97 Å². The van der Waals surface area contributed by atoms with Gasteiger partial charge in [-0.2, -0.15) is 0 Å². The van der Waals surface area contributed by atoms with Crippen LogP contribution in [0.1, 0.15) is 59.2 Å². The van der Waals surface area contributed by atoms with E-state index in [-0.39, 0.29) is 5.41 Å². The average molecular weight is 310 g/mol. The summed E-state index contributed by atoms with van der Waals surface area (Å²) in [6, 6.07) is 0.335. The summed E-state index contributed by atoms with van der Waals surface area (Å²) in [5, 5.41) is 5.91. The minimum atomic E-state index is 0.139. The van der Waals surface area contributed by atoms with Gasteiger partial charge in [0.25, 0.3) is 0 Å². The van der Waals surface area contributed by atoms with E-state index in [4.69, 9.17) is 0 Å². The van der Waals surface area contributed by atoms with E-state index in [9.17, 15) is 0 Å². The summed E-state index contributed by atoms with van der Waals surface area (Å²) in [6.45, 7) is 13.8. The molecule has 3 nitrogen and oxygen atoms in total. The van der Waals surface area contributed by atoms with Crippen molar-refractivity contribution in [3.8, 4) is 0 Å². The van der Waals surface area contributed by atoms with Crippen LogP contribution in [0.2, 0.25) is 0 Å². The maximum absolute atomic E-state index is 4.53. The largest absolute Gasteiger partial charge is 0.304 e. The van der Waals surface area contributed by atoms with Gasteiger partial charge in [0.1, 0.15) is 0 Å². The van der Waals surface area contributed by atoms with Gasteiger partial charge in [0.05, 0.1) is 15.7 Å². The molecule has 1 N–H and O–H groups in total. The first-order chi connectivity index (χ1) is 9.27. The lowest BCUT2D eigenvalue weighted by molar-refractivity contribution is 0.582. The zero-order chi connectivity index (χ0) is 14.9. The third kappa shape index (κ3) is 3.65. The second-order valence-electron chi connectivity index (χ2n) is 6.17. The van der Waals surface area contributed by atoms with Crippen molar-refractivity contribution in [1.82, 2.24) is 15.3 Å². The second kappa shape index (κ2) is 5.92. The summed E-state index contributed by atoms with van der Waals surface area (Å²) in [7, 11) is 0. The van der Waals surface area contributed by atoms with Gasteiger partial charge in [-0.05, 0) is 20.8 Å². The van der Waals surface area contributed by atoms with Gasteiger partial charge in [0.15, 0.2) is 0 Å².